The summed E-state index contributed by atoms with van der Waals surface area (Å²) >= 11 is 0. The largest absolute Gasteiger partial charge is 0.478 e. The molecule has 2 aliphatic rings. The van der Waals surface area contributed by atoms with E-state index in [9.17, 15) is 9.59 Å². The van der Waals surface area contributed by atoms with Gasteiger partial charge in [-0.05, 0) is 36.6 Å². The van der Waals surface area contributed by atoms with Crippen LogP contribution in [0.4, 0.5) is 5.69 Å². The van der Waals surface area contributed by atoms with Crippen LogP contribution >= 0.6 is 0 Å². The number of carbonyl (C=O) groups is 2. The quantitative estimate of drug-likeness (QED) is 0.792. The molecule has 1 aliphatic carbocycles. The van der Waals surface area contributed by atoms with Crippen LogP contribution in [0.15, 0.2) is 30.4 Å². The fraction of sp³-hybridized carbons (Fsp3) is 0.333. The number of carbonyl (C=O) groups excluding carboxylic acids is 1. The van der Waals surface area contributed by atoms with Crippen molar-refractivity contribution in [1.82, 2.24) is 0 Å². The molecule has 0 spiro atoms. The van der Waals surface area contributed by atoms with Crippen LogP contribution in [0.1, 0.15) is 22.3 Å². The van der Waals surface area contributed by atoms with Crippen LogP contribution in [0.25, 0.3) is 0 Å². The molecule has 2 atom stereocenters. The van der Waals surface area contributed by atoms with Crippen molar-refractivity contribution in [2.45, 2.75) is 18.9 Å². The lowest BCUT2D eigenvalue weighted by Gasteiger charge is -2.21. The van der Waals surface area contributed by atoms with Crippen molar-refractivity contribution >= 4 is 17.6 Å². The molecule has 0 fully saturated rings. The Hall–Kier alpha value is -2.14. The maximum atomic E-state index is 12.5. The second-order valence-electron chi connectivity index (χ2n) is 5.28. The van der Waals surface area contributed by atoms with Crippen LogP contribution in [-0.4, -0.2) is 29.6 Å². The van der Waals surface area contributed by atoms with Crippen molar-refractivity contribution in [3.8, 4) is 0 Å². The highest BCUT2D eigenvalue weighted by atomic mass is 16.4. The van der Waals surface area contributed by atoms with Crippen LogP contribution in [0.5, 0.6) is 0 Å². The average Bonchev–Trinajstić information content (AvgIpc) is 3.03. The second kappa shape index (κ2) is 4.76. The van der Waals surface area contributed by atoms with E-state index in [1.165, 1.54) is 0 Å². The van der Waals surface area contributed by atoms with E-state index >= 15 is 0 Å². The molecular formula is C15H16N2O3. The van der Waals surface area contributed by atoms with Gasteiger partial charge in [0.25, 0.3) is 0 Å². The molecule has 0 saturated carbocycles. The number of amides is 1. The van der Waals surface area contributed by atoms with Crippen LogP contribution in [-0.2, 0) is 11.2 Å². The Morgan fingerprint density at radius 2 is 2.10 bits per heavy atom. The van der Waals surface area contributed by atoms with Gasteiger partial charge in [-0.15, -0.1) is 0 Å². The zero-order valence-corrected chi connectivity index (χ0v) is 11.0. The van der Waals surface area contributed by atoms with Gasteiger partial charge in [-0.1, -0.05) is 12.2 Å². The summed E-state index contributed by atoms with van der Waals surface area (Å²) in [6, 6.07) is 4.88. The van der Waals surface area contributed by atoms with Gasteiger partial charge >= 0.3 is 5.97 Å². The minimum atomic E-state index is -0.942. The van der Waals surface area contributed by atoms with Crippen LogP contribution in [0, 0.1) is 5.92 Å². The number of hydrogen-bond acceptors (Lipinski definition) is 3. The molecule has 0 radical (unpaired) electrons. The van der Waals surface area contributed by atoms with Crippen LogP contribution in [0.2, 0.25) is 0 Å². The Morgan fingerprint density at radius 3 is 2.75 bits per heavy atom. The number of carboxylic acids is 1. The van der Waals surface area contributed by atoms with E-state index in [2.05, 4.69) is 0 Å². The zero-order chi connectivity index (χ0) is 14.3. The molecular weight excluding hydrogens is 256 g/mol. The molecule has 1 aliphatic heterocycles. The molecule has 20 heavy (non-hydrogen) atoms. The summed E-state index contributed by atoms with van der Waals surface area (Å²) in [5, 5.41) is 8.99. The minimum absolute atomic E-state index is 0.0413. The Morgan fingerprint density at radius 1 is 1.30 bits per heavy atom. The van der Waals surface area contributed by atoms with Crippen molar-refractivity contribution < 1.29 is 14.7 Å². The Balaban J connectivity index is 1.84. The van der Waals surface area contributed by atoms with Crippen LogP contribution in [0.3, 0.4) is 0 Å². The van der Waals surface area contributed by atoms with E-state index < -0.39 is 5.97 Å². The summed E-state index contributed by atoms with van der Waals surface area (Å²) in [4.78, 5) is 25.2. The standard InChI is InChI=1S/C15H16N2O3/c16-12-3-1-10(8-12)14(18)17-6-5-9-7-11(15(19)20)2-4-13(9)17/h1-4,7,10,12H,5-6,8,16H2,(H,19,20). The van der Waals surface area contributed by atoms with Gasteiger partial charge in [0, 0.05) is 18.3 Å². The van der Waals surface area contributed by atoms with Crippen LogP contribution < -0.4 is 10.6 Å². The first-order valence-corrected chi connectivity index (χ1v) is 6.68. The Labute approximate surface area is 116 Å². The molecule has 0 bridgehead atoms. The molecule has 1 amide bonds. The summed E-state index contributed by atoms with van der Waals surface area (Å²) in [5.41, 5.74) is 7.80. The highest BCUT2D eigenvalue weighted by molar-refractivity contribution is 5.99. The van der Waals surface area contributed by atoms with Crippen molar-refractivity contribution in [2.24, 2.45) is 11.7 Å². The summed E-state index contributed by atoms with van der Waals surface area (Å²) in [6.45, 7) is 0.608. The molecule has 1 heterocycles. The number of nitrogens with two attached hydrogens (primary N) is 1. The summed E-state index contributed by atoms with van der Waals surface area (Å²) in [6.07, 6.45) is 5.09. The van der Waals surface area contributed by atoms with Crippen molar-refractivity contribution in [2.75, 3.05) is 11.4 Å². The highest BCUT2D eigenvalue weighted by Gasteiger charge is 2.31. The van der Waals surface area contributed by atoms with Gasteiger partial charge < -0.3 is 15.7 Å². The van der Waals surface area contributed by atoms with E-state index in [0.29, 0.717) is 19.4 Å². The number of anilines is 1. The first-order chi connectivity index (χ1) is 9.56. The zero-order valence-electron chi connectivity index (χ0n) is 11.0. The predicted octanol–water partition coefficient (Wildman–Crippen LogP) is 1.18. The minimum Gasteiger partial charge on any atom is -0.478 e. The number of nitrogens with zero attached hydrogens (tertiary/aromatic N) is 1. The molecule has 104 valence electrons. The number of rotatable bonds is 2. The molecule has 2 unspecified atom stereocenters. The molecule has 5 heteroatoms. The fourth-order valence-electron chi connectivity index (χ4n) is 2.87. The molecule has 0 saturated heterocycles. The third-order valence-electron chi connectivity index (χ3n) is 3.92. The third kappa shape index (κ3) is 2.10. The van der Waals surface area contributed by atoms with Gasteiger partial charge in [0.2, 0.25) is 5.91 Å². The topological polar surface area (TPSA) is 83.6 Å². The highest BCUT2D eigenvalue weighted by Crippen LogP contribution is 2.31. The van der Waals surface area contributed by atoms with Crippen molar-refractivity contribution in [3.05, 3.63) is 41.5 Å². The number of hydrogen-bond donors (Lipinski definition) is 2. The maximum Gasteiger partial charge on any atom is 0.335 e. The monoisotopic (exact) mass is 272 g/mol. The van der Waals surface area contributed by atoms with Gasteiger partial charge in [0.15, 0.2) is 0 Å². The molecule has 1 aromatic rings. The molecule has 3 N–H and O–H groups in total. The van der Waals surface area contributed by atoms with E-state index in [-0.39, 0.29) is 23.4 Å². The molecule has 5 nitrogen and oxygen atoms in total. The Kier molecular flexibility index (Phi) is 3.06. The first-order valence-electron chi connectivity index (χ1n) is 6.68. The molecule has 3 rings (SSSR count). The summed E-state index contributed by atoms with van der Waals surface area (Å²) in [5.74, 6) is -1.05. The maximum absolute atomic E-state index is 12.5. The number of fused-ring (bicyclic) bond motifs is 1. The van der Waals surface area contributed by atoms with Crippen molar-refractivity contribution in [1.29, 1.82) is 0 Å². The van der Waals surface area contributed by atoms with Gasteiger partial charge in [-0.25, -0.2) is 4.79 Å². The number of carboxylic acid groups (broad SMARTS) is 1. The van der Waals surface area contributed by atoms with Gasteiger partial charge in [-0.2, -0.15) is 0 Å². The first kappa shape index (κ1) is 12.9. The second-order valence-corrected chi connectivity index (χ2v) is 5.28. The third-order valence-corrected chi connectivity index (χ3v) is 3.92. The normalized spacial score (nSPS) is 23.9. The van der Waals surface area contributed by atoms with Crippen molar-refractivity contribution in [3.63, 3.8) is 0 Å². The van der Waals surface area contributed by atoms with E-state index in [0.717, 1.165) is 11.3 Å². The lowest BCUT2D eigenvalue weighted by molar-refractivity contribution is -0.121. The number of aromatic carboxylic acids is 1. The smallest absolute Gasteiger partial charge is 0.335 e. The lowest BCUT2D eigenvalue weighted by atomic mass is 10.1. The number of benzene rings is 1. The summed E-state index contributed by atoms with van der Waals surface area (Å²) in [7, 11) is 0. The van der Waals surface area contributed by atoms with Gasteiger partial charge in [0.1, 0.15) is 0 Å². The molecule has 0 aromatic heterocycles. The SMILES string of the molecule is NC1C=CC(C(=O)N2CCc3cc(C(=O)O)ccc32)C1. The summed E-state index contributed by atoms with van der Waals surface area (Å²) < 4.78 is 0. The van der Waals surface area contributed by atoms with E-state index in [1.807, 2.05) is 12.2 Å². The molecule has 1 aromatic carbocycles. The predicted molar refractivity (Wildman–Crippen MR) is 74.7 cm³/mol. The van der Waals surface area contributed by atoms with E-state index in [1.54, 1.807) is 23.1 Å². The lowest BCUT2D eigenvalue weighted by Crippen LogP contribution is -2.34. The van der Waals surface area contributed by atoms with Gasteiger partial charge in [-0.3, -0.25) is 4.79 Å². The average molecular weight is 272 g/mol. The Bertz CT molecular complexity index is 609. The van der Waals surface area contributed by atoms with Gasteiger partial charge in [0.05, 0.1) is 11.5 Å². The fourth-order valence-corrected chi connectivity index (χ4v) is 2.87. The van der Waals surface area contributed by atoms with E-state index in [4.69, 9.17) is 10.8 Å².